The van der Waals surface area contributed by atoms with Crippen LogP contribution in [0.3, 0.4) is 0 Å². The van der Waals surface area contributed by atoms with Gasteiger partial charge in [0.25, 0.3) is 0 Å². The zero-order valence-corrected chi connectivity index (χ0v) is 12.1. The molecule has 7 heteroatoms. The number of halogens is 3. The van der Waals surface area contributed by atoms with Gasteiger partial charge in [-0.25, -0.2) is 12.8 Å². The molecule has 0 aliphatic rings. The van der Waals surface area contributed by atoms with Crippen molar-refractivity contribution in [2.75, 3.05) is 5.75 Å². The summed E-state index contributed by atoms with van der Waals surface area (Å²) in [5.41, 5.74) is -0.170. The van der Waals surface area contributed by atoms with Crippen LogP contribution in [-0.2, 0) is 9.84 Å². The van der Waals surface area contributed by atoms with Crippen LogP contribution in [0.5, 0.6) is 0 Å². The predicted octanol–water partition coefficient (Wildman–Crippen LogP) is 2.58. The van der Waals surface area contributed by atoms with Crippen LogP contribution in [-0.4, -0.2) is 22.4 Å². The van der Waals surface area contributed by atoms with Crippen molar-refractivity contribution in [2.45, 2.75) is 16.1 Å². The lowest BCUT2D eigenvalue weighted by Gasteiger charge is -2.26. The summed E-state index contributed by atoms with van der Waals surface area (Å²) in [4.78, 5) is 0. The summed E-state index contributed by atoms with van der Waals surface area (Å²) in [6, 6.07) is 5.32. The van der Waals surface area contributed by atoms with Crippen LogP contribution in [0.2, 0.25) is 0 Å². The number of hydrogen-bond donors (Lipinski definition) is 1. The van der Waals surface area contributed by atoms with Gasteiger partial charge in [-0.1, -0.05) is 36.7 Å². The molecule has 0 heterocycles. The quantitative estimate of drug-likeness (QED) is 0.853. The molecule has 0 aliphatic heterocycles. The Morgan fingerprint density at radius 1 is 1.53 bits per heavy atom. The molecule has 0 fully saturated rings. The first kappa shape index (κ1) is 14.9. The van der Waals surface area contributed by atoms with E-state index in [-0.39, 0.29) is 11.3 Å². The molecule has 2 atom stereocenters. The number of alkyl halides is 2. The first-order valence-corrected chi connectivity index (χ1v) is 7.59. The van der Waals surface area contributed by atoms with E-state index in [2.05, 4.69) is 15.9 Å². The predicted molar refractivity (Wildman–Crippen MR) is 68.3 cm³/mol. The van der Waals surface area contributed by atoms with Gasteiger partial charge >= 0.3 is 0 Å². The van der Waals surface area contributed by atoms with Gasteiger partial charge in [-0.3, -0.25) is 0 Å². The molecule has 0 unspecified atom stereocenters. The van der Waals surface area contributed by atoms with Gasteiger partial charge in [-0.05, 0) is 22.0 Å². The molecule has 3 nitrogen and oxygen atoms in total. The maximum Gasteiger partial charge on any atom is 0.229 e. The van der Waals surface area contributed by atoms with Gasteiger partial charge in [0.15, 0.2) is 9.84 Å². The summed E-state index contributed by atoms with van der Waals surface area (Å²) in [5.74, 6) is -0.983. The van der Waals surface area contributed by atoms with Crippen molar-refractivity contribution >= 4 is 37.4 Å². The molecular formula is C10H11BrClFO3S. The van der Waals surface area contributed by atoms with Gasteiger partial charge in [0.05, 0.1) is 5.75 Å². The molecule has 1 aromatic carbocycles. The molecule has 0 amide bonds. The fourth-order valence-corrected chi connectivity index (χ4v) is 3.47. The molecule has 1 rings (SSSR count). The van der Waals surface area contributed by atoms with Crippen LogP contribution in [0.15, 0.2) is 24.3 Å². The van der Waals surface area contributed by atoms with Crippen molar-refractivity contribution in [3.63, 3.8) is 0 Å². The van der Waals surface area contributed by atoms with Crippen molar-refractivity contribution in [2.24, 2.45) is 0 Å². The number of benzene rings is 1. The lowest BCUT2D eigenvalue weighted by molar-refractivity contribution is 0.180. The summed E-state index contributed by atoms with van der Waals surface area (Å²) in [6.45, 7) is 1.39. The van der Waals surface area contributed by atoms with Gasteiger partial charge in [0.2, 0.25) is 3.12 Å². The molecule has 1 N–H and O–H groups in total. The first-order chi connectivity index (χ1) is 7.74. The minimum atomic E-state index is -3.80. The number of hydrogen-bond acceptors (Lipinski definition) is 3. The summed E-state index contributed by atoms with van der Waals surface area (Å²) >= 11 is 8.56. The minimum absolute atomic E-state index is 0.170. The van der Waals surface area contributed by atoms with E-state index in [1.165, 1.54) is 25.1 Å². The third kappa shape index (κ3) is 2.81. The highest BCUT2D eigenvalue weighted by Gasteiger charge is 2.46. The molecule has 0 spiro atoms. The van der Waals surface area contributed by atoms with Crippen LogP contribution in [0, 0.1) is 5.82 Å². The van der Waals surface area contributed by atoms with E-state index in [0.29, 0.717) is 0 Å². The fourth-order valence-electron chi connectivity index (χ4n) is 1.24. The van der Waals surface area contributed by atoms with E-state index in [9.17, 15) is 17.9 Å². The molecule has 0 saturated heterocycles. The Morgan fingerprint density at radius 3 is 2.53 bits per heavy atom. The van der Waals surface area contributed by atoms with Crippen LogP contribution in [0.25, 0.3) is 0 Å². The molecule has 0 aliphatic carbocycles. The number of aliphatic hydroxyl groups excluding tert-OH is 1. The zero-order chi connectivity index (χ0) is 13.3. The molecule has 17 heavy (non-hydrogen) atoms. The van der Waals surface area contributed by atoms with E-state index < -0.39 is 24.9 Å². The Labute approximate surface area is 113 Å². The third-order valence-corrected chi connectivity index (χ3v) is 6.95. The third-order valence-electron chi connectivity index (χ3n) is 2.31. The highest BCUT2D eigenvalue weighted by Crippen LogP contribution is 2.43. The topological polar surface area (TPSA) is 54.4 Å². The normalized spacial score (nSPS) is 17.5. The Bertz CT molecular complexity index is 504. The summed E-state index contributed by atoms with van der Waals surface area (Å²) < 4.78 is 34.7. The van der Waals surface area contributed by atoms with E-state index in [1.807, 2.05) is 0 Å². The number of aliphatic hydroxyl groups is 1. The molecule has 0 aromatic heterocycles. The smallest absolute Gasteiger partial charge is 0.229 e. The van der Waals surface area contributed by atoms with E-state index in [4.69, 9.17) is 11.6 Å². The summed E-state index contributed by atoms with van der Waals surface area (Å²) in [6.07, 6.45) is -1.70. The monoisotopic (exact) mass is 344 g/mol. The number of sulfone groups is 1. The van der Waals surface area contributed by atoms with Crippen molar-refractivity contribution < 1.29 is 17.9 Å². The largest absolute Gasteiger partial charge is 0.384 e. The SMILES string of the molecule is CCS(=O)(=O)[C@](Cl)(Br)[C@@H](O)c1ccccc1F. The van der Waals surface area contributed by atoms with E-state index in [0.717, 1.165) is 6.07 Å². The Morgan fingerprint density at radius 2 is 2.06 bits per heavy atom. The second-order valence-corrected chi connectivity index (χ2v) is 8.89. The Kier molecular flexibility index (Phi) is 4.57. The Hall–Kier alpha value is -0.170. The average molecular weight is 346 g/mol. The average Bonchev–Trinajstić information content (AvgIpc) is 2.28. The maximum absolute atomic E-state index is 13.4. The van der Waals surface area contributed by atoms with Crippen LogP contribution in [0.4, 0.5) is 4.39 Å². The Balaban J connectivity index is 3.23. The van der Waals surface area contributed by atoms with Gasteiger partial charge in [-0.15, -0.1) is 0 Å². The van der Waals surface area contributed by atoms with Crippen molar-refractivity contribution in [1.29, 1.82) is 0 Å². The summed E-state index contributed by atoms with van der Waals surface area (Å²) in [7, 11) is -3.80. The van der Waals surface area contributed by atoms with E-state index in [1.54, 1.807) is 0 Å². The van der Waals surface area contributed by atoms with Gasteiger partial charge < -0.3 is 5.11 Å². The van der Waals surface area contributed by atoms with Crippen molar-refractivity contribution in [1.82, 2.24) is 0 Å². The molecule has 0 bridgehead atoms. The van der Waals surface area contributed by atoms with Gasteiger partial charge in [-0.2, -0.15) is 0 Å². The highest BCUT2D eigenvalue weighted by molar-refractivity contribution is 9.12. The van der Waals surface area contributed by atoms with Crippen LogP contribution >= 0.6 is 27.5 Å². The second kappa shape index (κ2) is 5.22. The van der Waals surface area contributed by atoms with Gasteiger partial charge in [0, 0.05) is 5.56 Å². The minimum Gasteiger partial charge on any atom is -0.384 e. The van der Waals surface area contributed by atoms with E-state index >= 15 is 0 Å². The lowest BCUT2D eigenvalue weighted by Crippen LogP contribution is -2.34. The van der Waals surface area contributed by atoms with Gasteiger partial charge in [0.1, 0.15) is 11.9 Å². The van der Waals surface area contributed by atoms with Crippen LogP contribution in [0.1, 0.15) is 18.6 Å². The van der Waals surface area contributed by atoms with Crippen LogP contribution < -0.4 is 0 Å². The molecule has 0 saturated carbocycles. The van der Waals surface area contributed by atoms with Crippen molar-refractivity contribution in [3.8, 4) is 0 Å². The maximum atomic E-state index is 13.4. The standard InChI is InChI=1S/C10H11BrClFO3S/c1-2-17(15,16)10(11,12)9(14)7-5-3-4-6-8(7)13/h3-6,9,14H,2H2,1H3/t9-,10-/m0/s1. The fraction of sp³-hybridized carbons (Fsp3) is 0.400. The first-order valence-electron chi connectivity index (χ1n) is 4.76. The number of rotatable bonds is 4. The molecule has 0 radical (unpaired) electrons. The molecular weight excluding hydrogens is 335 g/mol. The lowest BCUT2D eigenvalue weighted by atomic mass is 10.1. The highest BCUT2D eigenvalue weighted by atomic mass is 79.9. The van der Waals surface area contributed by atoms with Crippen molar-refractivity contribution in [3.05, 3.63) is 35.6 Å². The zero-order valence-electron chi connectivity index (χ0n) is 8.90. The second-order valence-electron chi connectivity index (χ2n) is 3.39. The molecule has 1 aromatic rings. The summed E-state index contributed by atoms with van der Waals surface area (Å²) in [5, 5.41) is 9.90. The molecule has 96 valence electrons.